The highest BCUT2D eigenvalue weighted by Gasteiger charge is 2.10. The zero-order valence-electron chi connectivity index (χ0n) is 9.43. The van der Waals surface area contributed by atoms with E-state index in [1.807, 2.05) is 6.92 Å². The number of aliphatic hydroxyl groups is 1. The van der Waals surface area contributed by atoms with Crippen molar-refractivity contribution in [2.24, 2.45) is 0 Å². The van der Waals surface area contributed by atoms with Crippen molar-refractivity contribution in [2.45, 2.75) is 19.4 Å². The molecule has 1 amide bonds. The summed E-state index contributed by atoms with van der Waals surface area (Å²) in [5, 5.41) is 30.7. The zero-order chi connectivity index (χ0) is 13.3. The predicted molar refractivity (Wildman–Crippen MR) is 58.6 cm³/mol. The fourth-order valence-electron chi connectivity index (χ4n) is 0.901. The Balaban J connectivity index is 4.40. The SMILES string of the molecule is CCC(CO)N/C=C(/C#N)C(=O)NCC(=O)O. The highest BCUT2D eigenvalue weighted by molar-refractivity contribution is 5.98. The largest absolute Gasteiger partial charge is 0.480 e. The number of hydrogen-bond donors (Lipinski definition) is 4. The van der Waals surface area contributed by atoms with Crippen LogP contribution < -0.4 is 10.6 Å². The number of carboxylic acid groups (broad SMARTS) is 1. The van der Waals surface area contributed by atoms with E-state index in [2.05, 4.69) is 10.6 Å². The Hall–Kier alpha value is -2.07. The molecule has 0 aromatic heterocycles. The van der Waals surface area contributed by atoms with Crippen molar-refractivity contribution in [1.82, 2.24) is 10.6 Å². The molecule has 0 saturated heterocycles. The molecule has 7 heteroatoms. The first kappa shape index (κ1) is 14.9. The van der Waals surface area contributed by atoms with Crippen molar-refractivity contribution in [3.8, 4) is 6.07 Å². The fourth-order valence-corrected chi connectivity index (χ4v) is 0.901. The fraction of sp³-hybridized carbons (Fsp3) is 0.500. The van der Waals surface area contributed by atoms with Crippen LogP contribution in [0.4, 0.5) is 0 Å². The number of carbonyl (C=O) groups excluding carboxylic acids is 1. The van der Waals surface area contributed by atoms with Crippen molar-refractivity contribution in [3.05, 3.63) is 11.8 Å². The number of aliphatic hydroxyl groups excluding tert-OH is 1. The second kappa shape index (κ2) is 8.13. The van der Waals surface area contributed by atoms with Crippen LogP contribution in [0.5, 0.6) is 0 Å². The van der Waals surface area contributed by atoms with Crippen LogP contribution in [0.1, 0.15) is 13.3 Å². The lowest BCUT2D eigenvalue weighted by Crippen LogP contribution is -2.32. The first-order valence-electron chi connectivity index (χ1n) is 5.02. The molecular formula is C10H15N3O4. The number of nitrogens with one attached hydrogen (secondary N) is 2. The van der Waals surface area contributed by atoms with Crippen LogP contribution in [-0.4, -0.2) is 41.3 Å². The maximum absolute atomic E-state index is 11.3. The summed E-state index contributed by atoms with van der Waals surface area (Å²) in [7, 11) is 0. The molecule has 0 heterocycles. The number of hydrogen-bond acceptors (Lipinski definition) is 5. The van der Waals surface area contributed by atoms with E-state index >= 15 is 0 Å². The molecule has 0 radical (unpaired) electrons. The summed E-state index contributed by atoms with van der Waals surface area (Å²) < 4.78 is 0. The van der Waals surface area contributed by atoms with Crippen LogP contribution in [-0.2, 0) is 9.59 Å². The minimum Gasteiger partial charge on any atom is -0.480 e. The predicted octanol–water partition coefficient (Wildman–Crippen LogP) is -1.04. The Morgan fingerprint density at radius 2 is 2.18 bits per heavy atom. The standard InChI is InChI=1S/C10H15N3O4/c1-2-8(6-14)12-4-7(3-11)10(17)13-5-9(15)16/h4,8,12,14H,2,5-6H2,1H3,(H,13,17)(H,15,16)/b7-4-. The van der Waals surface area contributed by atoms with Gasteiger partial charge in [0.1, 0.15) is 18.2 Å². The zero-order valence-corrected chi connectivity index (χ0v) is 9.43. The van der Waals surface area contributed by atoms with E-state index in [0.29, 0.717) is 6.42 Å². The van der Waals surface area contributed by atoms with Crippen LogP contribution in [0.15, 0.2) is 11.8 Å². The van der Waals surface area contributed by atoms with Gasteiger partial charge in [-0.3, -0.25) is 9.59 Å². The number of carboxylic acids is 1. The van der Waals surface area contributed by atoms with Gasteiger partial charge in [-0.05, 0) is 6.42 Å². The third-order valence-corrected chi connectivity index (χ3v) is 1.94. The maximum Gasteiger partial charge on any atom is 0.322 e. The number of nitrogens with zero attached hydrogens (tertiary/aromatic N) is 1. The first-order valence-corrected chi connectivity index (χ1v) is 5.02. The summed E-state index contributed by atoms with van der Waals surface area (Å²) in [4.78, 5) is 21.5. The summed E-state index contributed by atoms with van der Waals surface area (Å²) >= 11 is 0. The molecule has 4 N–H and O–H groups in total. The van der Waals surface area contributed by atoms with Crippen molar-refractivity contribution in [1.29, 1.82) is 5.26 Å². The average Bonchev–Trinajstić information content (AvgIpc) is 2.32. The molecule has 0 aliphatic rings. The van der Waals surface area contributed by atoms with Crippen LogP contribution >= 0.6 is 0 Å². The van der Waals surface area contributed by atoms with E-state index in [0.717, 1.165) is 0 Å². The van der Waals surface area contributed by atoms with Gasteiger partial charge in [-0.1, -0.05) is 6.92 Å². The van der Waals surface area contributed by atoms with Gasteiger partial charge >= 0.3 is 5.97 Å². The Morgan fingerprint density at radius 3 is 2.59 bits per heavy atom. The average molecular weight is 241 g/mol. The van der Waals surface area contributed by atoms with E-state index in [1.54, 1.807) is 6.07 Å². The van der Waals surface area contributed by atoms with Gasteiger partial charge in [0.05, 0.1) is 6.61 Å². The van der Waals surface area contributed by atoms with Crippen LogP contribution in [0.2, 0.25) is 0 Å². The number of amides is 1. The highest BCUT2D eigenvalue weighted by Crippen LogP contribution is 1.94. The van der Waals surface area contributed by atoms with E-state index in [4.69, 9.17) is 15.5 Å². The van der Waals surface area contributed by atoms with Gasteiger partial charge in [-0.2, -0.15) is 5.26 Å². The van der Waals surface area contributed by atoms with Gasteiger partial charge in [0, 0.05) is 12.2 Å². The smallest absolute Gasteiger partial charge is 0.322 e. The van der Waals surface area contributed by atoms with Gasteiger partial charge in [-0.15, -0.1) is 0 Å². The molecular weight excluding hydrogens is 226 g/mol. The Bertz CT molecular complexity index is 342. The molecule has 0 saturated carbocycles. The molecule has 0 aromatic carbocycles. The summed E-state index contributed by atoms with van der Waals surface area (Å²) in [6, 6.07) is 1.40. The molecule has 0 aliphatic heterocycles. The third-order valence-electron chi connectivity index (χ3n) is 1.94. The third kappa shape index (κ3) is 6.17. The van der Waals surface area contributed by atoms with Gasteiger partial charge in [0.2, 0.25) is 0 Å². The first-order chi connectivity index (χ1) is 8.04. The number of rotatable bonds is 7. The molecule has 0 rings (SSSR count). The molecule has 94 valence electrons. The van der Waals surface area contributed by atoms with Crippen molar-refractivity contribution in [3.63, 3.8) is 0 Å². The Kier molecular flexibility index (Phi) is 7.14. The van der Waals surface area contributed by atoms with Crippen molar-refractivity contribution >= 4 is 11.9 Å². The number of carbonyl (C=O) groups is 2. The second-order valence-corrected chi connectivity index (χ2v) is 3.20. The lowest BCUT2D eigenvalue weighted by atomic mass is 10.2. The van der Waals surface area contributed by atoms with E-state index < -0.39 is 18.4 Å². The van der Waals surface area contributed by atoms with Crippen LogP contribution in [0.25, 0.3) is 0 Å². The van der Waals surface area contributed by atoms with E-state index in [-0.39, 0.29) is 18.2 Å². The quantitative estimate of drug-likeness (QED) is 0.333. The normalized spacial score (nSPS) is 12.4. The number of nitriles is 1. The van der Waals surface area contributed by atoms with E-state index in [9.17, 15) is 9.59 Å². The number of aliphatic carboxylic acids is 1. The lowest BCUT2D eigenvalue weighted by molar-refractivity contribution is -0.137. The van der Waals surface area contributed by atoms with Crippen LogP contribution in [0.3, 0.4) is 0 Å². The molecule has 0 aromatic rings. The molecule has 0 aliphatic carbocycles. The van der Waals surface area contributed by atoms with Gasteiger partial charge < -0.3 is 20.8 Å². The van der Waals surface area contributed by atoms with Crippen molar-refractivity contribution < 1.29 is 19.8 Å². The van der Waals surface area contributed by atoms with Gasteiger partial charge in [0.25, 0.3) is 5.91 Å². The second-order valence-electron chi connectivity index (χ2n) is 3.20. The monoisotopic (exact) mass is 241 g/mol. The highest BCUT2D eigenvalue weighted by atomic mass is 16.4. The molecule has 0 fully saturated rings. The van der Waals surface area contributed by atoms with Gasteiger partial charge in [-0.25, -0.2) is 0 Å². The summed E-state index contributed by atoms with van der Waals surface area (Å²) in [6.45, 7) is 1.16. The lowest BCUT2D eigenvalue weighted by Gasteiger charge is -2.11. The molecule has 0 spiro atoms. The molecule has 7 nitrogen and oxygen atoms in total. The van der Waals surface area contributed by atoms with E-state index in [1.165, 1.54) is 6.20 Å². The summed E-state index contributed by atoms with van der Waals surface area (Å²) in [5.41, 5.74) is -0.238. The van der Waals surface area contributed by atoms with Crippen LogP contribution in [0, 0.1) is 11.3 Å². The topological polar surface area (TPSA) is 122 Å². The molecule has 1 unspecified atom stereocenters. The molecule has 1 atom stereocenters. The van der Waals surface area contributed by atoms with Crippen molar-refractivity contribution in [2.75, 3.05) is 13.2 Å². The summed E-state index contributed by atoms with van der Waals surface area (Å²) in [6.07, 6.45) is 1.80. The molecule has 0 bridgehead atoms. The molecule has 17 heavy (non-hydrogen) atoms. The Morgan fingerprint density at radius 1 is 1.53 bits per heavy atom. The maximum atomic E-state index is 11.3. The Labute approximate surface area is 98.7 Å². The minimum atomic E-state index is -1.19. The minimum absolute atomic E-state index is 0.123. The van der Waals surface area contributed by atoms with Gasteiger partial charge in [0.15, 0.2) is 0 Å². The summed E-state index contributed by atoms with van der Waals surface area (Å²) in [5.74, 6) is -1.96.